The van der Waals surface area contributed by atoms with Gasteiger partial charge in [-0.05, 0) is 128 Å². The molecule has 0 bridgehead atoms. The monoisotopic (exact) mass is 937 g/mol. The van der Waals surface area contributed by atoms with Gasteiger partial charge in [0, 0.05) is 34.6 Å². The number of carbonyl (C=O) groups is 2. The molecule has 0 saturated heterocycles. The molecular formula is C52H59N9O8. The third-order valence-electron chi connectivity index (χ3n) is 11.4. The number of anilines is 4. The van der Waals surface area contributed by atoms with E-state index in [2.05, 4.69) is 25.9 Å². The summed E-state index contributed by atoms with van der Waals surface area (Å²) in [5.74, 6) is 0.107. The number of carbonyl (C=O) groups excluding carboxylic acids is 2. The Kier molecular flexibility index (Phi) is 15.5. The Labute approximate surface area is 401 Å². The van der Waals surface area contributed by atoms with Gasteiger partial charge in [-0.1, -0.05) is 84.9 Å². The van der Waals surface area contributed by atoms with Crippen LogP contribution in [0.5, 0.6) is 0 Å². The summed E-state index contributed by atoms with van der Waals surface area (Å²) in [7, 11) is 0. The number of amides is 2. The molecule has 0 atom stereocenters. The SMILES string of the molecule is CC(C)(C)OC(=O)NC1(c2ccc(N)cc2)CCC1.CC(C)(C)OC(=O)NC1(c2ccc(Nc3nc(-c4ccccc4)ccc3[N+](=O)[O-])cc2)CCC1.Nc1nc(-c2ccccc2)ccc1[N+](=O)[O-]. The van der Waals surface area contributed by atoms with Gasteiger partial charge in [0.1, 0.15) is 11.2 Å². The van der Waals surface area contributed by atoms with Crippen LogP contribution >= 0.6 is 0 Å². The maximum Gasteiger partial charge on any atom is 0.408 e. The number of rotatable bonds is 10. The Balaban J connectivity index is 0.000000188. The first-order valence-corrected chi connectivity index (χ1v) is 22.6. The van der Waals surface area contributed by atoms with Gasteiger partial charge in [0.2, 0.25) is 11.6 Å². The smallest absolute Gasteiger partial charge is 0.408 e. The van der Waals surface area contributed by atoms with Gasteiger partial charge < -0.3 is 36.9 Å². The van der Waals surface area contributed by atoms with Crippen LogP contribution < -0.4 is 27.4 Å². The number of alkyl carbamates (subject to hydrolysis) is 2. The van der Waals surface area contributed by atoms with Crippen LogP contribution in [-0.2, 0) is 20.6 Å². The summed E-state index contributed by atoms with van der Waals surface area (Å²) < 4.78 is 10.8. The second kappa shape index (κ2) is 21.3. The van der Waals surface area contributed by atoms with E-state index in [4.69, 9.17) is 20.9 Å². The minimum Gasteiger partial charge on any atom is -0.444 e. The van der Waals surface area contributed by atoms with Crippen LogP contribution in [0.3, 0.4) is 0 Å². The largest absolute Gasteiger partial charge is 0.444 e. The fraction of sp³-hybridized carbons (Fsp3) is 0.308. The van der Waals surface area contributed by atoms with Gasteiger partial charge in [-0.2, -0.15) is 0 Å². The van der Waals surface area contributed by atoms with E-state index in [0.29, 0.717) is 17.1 Å². The molecule has 2 aromatic heterocycles. The van der Waals surface area contributed by atoms with Crippen molar-refractivity contribution in [2.24, 2.45) is 0 Å². The molecule has 2 saturated carbocycles. The van der Waals surface area contributed by atoms with Crippen molar-refractivity contribution in [2.75, 3.05) is 16.8 Å². The lowest BCUT2D eigenvalue weighted by molar-refractivity contribution is -0.384. The third-order valence-corrected chi connectivity index (χ3v) is 11.4. The summed E-state index contributed by atoms with van der Waals surface area (Å²) in [5, 5.41) is 31.3. The first-order chi connectivity index (χ1) is 32.6. The Morgan fingerprint density at radius 1 is 0.565 bits per heavy atom. The van der Waals surface area contributed by atoms with Crippen molar-refractivity contribution in [1.82, 2.24) is 20.6 Å². The molecule has 7 N–H and O–H groups in total. The Bertz CT molecular complexity index is 2730. The van der Waals surface area contributed by atoms with Crippen LogP contribution in [0.15, 0.2) is 133 Å². The van der Waals surface area contributed by atoms with E-state index in [1.807, 2.05) is 151 Å². The van der Waals surface area contributed by atoms with E-state index in [9.17, 15) is 29.8 Å². The van der Waals surface area contributed by atoms with E-state index < -0.39 is 32.7 Å². The maximum atomic E-state index is 12.4. The zero-order valence-electron chi connectivity index (χ0n) is 39.7. The average molecular weight is 938 g/mol. The number of nitrogen functional groups attached to an aromatic ring is 2. The first kappa shape index (κ1) is 50.3. The quantitative estimate of drug-likeness (QED) is 0.0487. The molecular weight excluding hydrogens is 879 g/mol. The highest BCUT2D eigenvalue weighted by Crippen LogP contribution is 2.43. The van der Waals surface area contributed by atoms with E-state index in [1.165, 1.54) is 12.1 Å². The van der Waals surface area contributed by atoms with Crippen molar-refractivity contribution in [3.05, 3.63) is 165 Å². The normalized spacial score (nSPS) is 14.3. The molecule has 4 aromatic carbocycles. The Morgan fingerprint density at radius 3 is 1.35 bits per heavy atom. The first-order valence-electron chi connectivity index (χ1n) is 22.6. The molecule has 17 heteroatoms. The second-order valence-electron chi connectivity index (χ2n) is 18.9. The molecule has 2 amide bonds. The van der Waals surface area contributed by atoms with E-state index in [0.717, 1.165) is 66.5 Å². The van der Waals surface area contributed by atoms with Gasteiger partial charge in [-0.15, -0.1) is 0 Å². The predicted molar refractivity (Wildman–Crippen MR) is 267 cm³/mol. The number of nitrogens with two attached hydrogens (primary N) is 2. The number of ether oxygens (including phenoxy) is 2. The lowest BCUT2D eigenvalue weighted by Crippen LogP contribution is -2.52. The third kappa shape index (κ3) is 13.5. The molecule has 2 aliphatic carbocycles. The topological polar surface area (TPSA) is 253 Å². The summed E-state index contributed by atoms with van der Waals surface area (Å²) in [5.41, 5.74) is 15.6. The number of aromatic nitrogens is 2. The average Bonchev–Trinajstić information content (AvgIpc) is 3.26. The fourth-order valence-corrected chi connectivity index (χ4v) is 7.69. The summed E-state index contributed by atoms with van der Waals surface area (Å²) in [6.45, 7) is 11.1. The lowest BCUT2D eigenvalue weighted by Gasteiger charge is -2.43. The van der Waals surface area contributed by atoms with Gasteiger partial charge in [0.15, 0.2) is 0 Å². The van der Waals surface area contributed by atoms with Gasteiger partial charge >= 0.3 is 23.6 Å². The molecule has 0 spiro atoms. The van der Waals surface area contributed by atoms with Crippen LogP contribution in [0.25, 0.3) is 22.5 Å². The minimum atomic E-state index is -0.571. The fourth-order valence-electron chi connectivity index (χ4n) is 7.69. The number of nitro groups is 2. The van der Waals surface area contributed by atoms with Crippen LogP contribution in [0, 0.1) is 20.2 Å². The highest BCUT2D eigenvalue weighted by atomic mass is 16.6. The number of pyridine rings is 2. The molecule has 0 radical (unpaired) electrons. The zero-order valence-corrected chi connectivity index (χ0v) is 39.7. The summed E-state index contributed by atoms with van der Waals surface area (Å²) in [6, 6.07) is 40.1. The van der Waals surface area contributed by atoms with E-state index in [1.54, 1.807) is 12.1 Å². The van der Waals surface area contributed by atoms with E-state index >= 15 is 0 Å². The highest BCUT2D eigenvalue weighted by molar-refractivity contribution is 5.72. The number of hydrogen-bond acceptors (Lipinski definition) is 13. The number of benzene rings is 4. The lowest BCUT2D eigenvalue weighted by atomic mass is 9.72. The predicted octanol–water partition coefficient (Wildman–Crippen LogP) is 11.7. The van der Waals surface area contributed by atoms with Crippen LogP contribution in [0.4, 0.5) is 44.0 Å². The molecule has 2 aliphatic rings. The van der Waals surface area contributed by atoms with Crippen molar-refractivity contribution in [3.63, 3.8) is 0 Å². The number of hydrogen-bond donors (Lipinski definition) is 5. The molecule has 0 aliphatic heterocycles. The van der Waals surface area contributed by atoms with E-state index in [-0.39, 0.29) is 34.6 Å². The molecule has 360 valence electrons. The maximum absolute atomic E-state index is 12.4. The van der Waals surface area contributed by atoms with Gasteiger partial charge in [-0.3, -0.25) is 20.2 Å². The van der Waals surface area contributed by atoms with Gasteiger partial charge in [0.05, 0.1) is 32.3 Å². The molecule has 8 rings (SSSR count). The zero-order chi connectivity index (χ0) is 50.0. The molecule has 2 heterocycles. The van der Waals surface area contributed by atoms with Crippen LogP contribution in [0.1, 0.15) is 91.2 Å². The van der Waals surface area contributed by atoms with Crippen molar-refractivity contribution in [3.8, 4) is 22.5 Å². The standard InChI is InChI=1S/C26H28N4O4.C15H22N2O2.C11H9N3O2/c1-25(2,3)34-24(31)29-26(16-7-17-26)19-10-12-20(13-11-19)27-23-22(30(32)33)15-14-21(28-23)18-8-5-4-6-9-18;1-14(2,3)19-13(18)17-15(9-4-10-15)11-5-7-12(16)8-6-11;12-11-10(14(15)16)7-6-9(13-11)8-4-2-1-3-5-8/h4-6,8-15H,7,16-17H2,1-3H3,(H,27,28)(H,29,31);5-8H,4,9-10,16H2,1-3H3,(H,17,18);1-7H,(H2,12,13). The van der Waals surface area contributed by atoms with Crippen molar-refractivity contribution in [1.29, 1.82) is 0 Å². The van der Waals surface area contributed by atoms with Crippen LogP contribution in [-0.4, -0.2) is 43.2 Å². The Hall–Kier alpha value is -8.08. The van der Waals surface area contributed by atoms with Crippen LogP contribution in [0.2, 0.25) is 0 Å². The number of nitrogens with zero attached hydrogens (tertiary/aromatic N) is 4. The summed E-state index contributed by atoms with van der Waals surface area (Å²) >= 11 is 0. The summed E-state index contributed by atoms with van der Waals surface area (Å²) in [6.07, 6.45) is 4.86. The Morgan fingerprint density at radius 2 is 0.971 bits per heavy atom. The minimum absolute atomic E-state index is 0.0636. The number of nitrogens with one attached hydrogen (secondary N) is 3. The van der Waals surface area contributed by atoms with Gasteiger partial charge in [0.25, 0.3) is 0 Å². The van der Waals surface area contributed by atoms with Gasteiger partial charge in [-0.25, -0.2) is 19.6 Å². The second-order valence-corrected chi connectivity index (χ2v) is 18.9. The summed E-state index contributed by atoms with van der Waals surface area (Å²) in [4.78, 5) is 54.0. The van der Waals surface area contributed by atoms with Crippen molar-refractivity contribution in [2.45, 2.75) is 102 Å². The molecule has 17 nitrogen and oxygen atoms in total. The molecule has 69 heavy (non-hydrogen) atoms. The molecule has 0 unspecified atom stereocenters. The highest BCUT2D eigenvalue weighted by Gasteiger charge is 2.42. The van der Waals surface area contributed by atoms with Crippen molar-refractivity contribution >= 4 is 46.6 Å². The van der Waals surface area contributed by atoms with Crippen molar-refractivity contribution < 1.29 is 28.9 Å². The molecule has 2 fully saturated rings. The molecule has 6 aromatic rings.